The van der Waals surface area contributed by atoms with Gasteiger partial charge in [0.25, 0.3) is 0 Å². The molecule has 3 aromatic rings. The maximum absolute atomic E-state index is 12.3. The van der Waals surface area contributed by atoms with Gasteiger partial charge in [-0.1, -0.05) is 72.4 Å². The lowest BCUT2D eigenvalue weighted by atomic mass is 10.1. The molecule has 1 heterocycles. The van der Waals surface area contributed by atoms with Crippen LogP contribution < -0.4 is 5.32 Å². The zero-order chi connectivity index (χ0) is 18.2. The van der Waals surface area contributed by atoms with E-state index in [1.54, 1.807) is 4.68 Å². The van der Waals surface area contributed by atoms with Gasteiger partial charge in [0.05, 0.1) is 11.8 Å². The van der Waals surface area contributed by atoms with Crippen LogP contribution in [-0.2, 0) is 17.8 Å². The first-order valence-electron chi connectivity index (χ1n) is 8.51. The van der Waals surface area contributed by atoms with Crippen molar-refractivity contribution in [3.8, 4) is 0 Å². The van der Waals surface area contributed by atoms with Crippen molar-refractivity contribution in [1.29, 1.82) is 0 Å². The smallest absolute Gasteiger partial charge is 0.233 e. The number of nitrogens with one attached hydrogen (secondary N) is 1. The Bertz CT molecular complexity index is 822. The van der Waals surface area contributed by atoms with Gasteiger partial charge in [0.1, 0.15) is 0 Å². The molecule has 0 bridgehead atoms. The number of rotatable bonds is 8. The quantitative estimate of drug-likeness (QED) is 0.620. The second-order valence-electron chi connectivity index (χ2n) is 5.89. The predicted octanol–water partition coefficient (Wildman–Crippen LogP) is 2.56. The highest BCUT2D eigenvalue weighted by Crippen LogP contribution is 2.20. The van der Waals surface area contributed by atoms with E-state index in [1.165, 1.54) is 17.3 Å². The van der Waals surface area contributed by atoms with Gasteiger partial charge >= 0.3 is 0 Å². The molecule has 0 spiro atoms. The molecular formula is C19H21N5OS. The second-order valence-corrected chi connectivity index (χ2v) is 7.20. The Labute approximate surface area is 157 Å². The summed E-state index contributed by atoms with van der Waals surface area (Å²) in [6.07, 6.45) is 0.815. The summed E-state index contributed by atoms with van der Waals surface area (Å²) in [6, 6.07) is 20.1. The topological polar surface area (TPSA) is 72.7 Å². The molecule has 1 amide bonds. The molecule has 0 saturated carbocycles. The fraction of sp³-hybridized carbons (Fsp3) is 0.263. The highest BCUT2D eigenvalue weighted by molar-refractivity contribution is 8.00. The fourth-order valence-corrected chi connectivity index (χ4v) is 3.28. The molecule has 1 aromatic heterocycles. The van der Waals surface area contributed by atoms with Gasteiger partial charge in [0.15, 0.2) is 0 Å². The lowest BCUT2D eigenvalue weighted by Gasteiger charge is -2.12. The van der Waals surface area contributed by atoms with Crippen molar-refractivity contribution in [2.75, 3.05) is 6.54 Å². The van der Waals surface area contributed by atoms with Gasteiger partial charge in [0.2, 0.25) is 11.1 Å². The monoisotopic (exact) mass is 367 g/mol. The number of hydrogen-bond donors (Lipinski definition) is 1. The Kier molecular flexibility index (Phi) is 6.38. The summed E-state index contributed by atoms with van der Waals surface area (Å²) < 4.78 is 1.72. The number of nitrogens with zero attached hydrogens (tertiary/aromatic N) is 4. The van der Waals surface area contributed by atoms with Crippen LogP contribution in [0.1, 0.15) is 18.1 Å². The summed E-state index contributed by atoms with van der Waals surface area (Å²) in [6.45, 7) is 3.06. The van der Waals surface area contributed by atoms with E-state index in [9.17, 15) is 4.79 Å². The minimum absolute atomic E-state index is 0.0137. The normalized spacial score (nSPS) is 11.9. The highest BCUT2D eigenvalue weighted by Gasteiger charge is 2.18. The first-order valence-corrected chi connectivity index (χ1v) is 9.39. The number of aromatic nitrogens is 4. The second kappa shape index (κ2) is 9.15. The Morgan fingerprint density at radius 2 is 1.73 bits per heavy atom. The van der Waals surface area contributed by atoms with Crippen molar-refractivity contribution >= 4 is 17.7 Å². The Morgan fingerprint density at radius 3 is 2.42 bits per heavy atom. The molecule has 1 unspecified atom stereocenters. The largest absolute Gasteiger partial charge is 0.355 e. The van der Waals surface area contributed by atoms with E-state index in [4.69, 9.17) is 0 Å². The van der Waals surface area contributed by atoms with Crippen LogP contribution in [0, 0.1) is 0 Å². The van der Waals surface area contributed by atoms with Crippen LogP contribution in [0.5, 0.6) is 0 Å². The summed E-state index contributed by atoms with van der Waals surface area (Å²) >= 11 is 1.37. The van der Waals surface area contributed by atoms with E-state index in [2.05, 4.69) is 33.0 Å². The van der Waals surface area contributed by atoms with Crippen molar-refractivity contribution < 1.29 is 4.79 Å². The standard InChI is InChI=1S/C19H21N5OS/c1-15(18(25)20-13-12-16-8-4-2-5-9-16)26-19-21-22-23-24(19)14-17-10-6-3-7-11-17/h2-11,15H,12-14H2,1H3,(H,20,25). The lowest BCUT2D eigenvalue weighted by molar-refractivity contribution is -0.120. The molecule has 2 aromatic carbocycles. The average Bonchev–Trinajstić information content (AvgIpc) is 3.10. The Morgan fingerprint density at radius 1 is 1.08 bits per heavy atom. The minimum Gasteiger partial charge on any atom is -0.355 e. The van der Waals surface area contributed by atoms with E-state index in [1.807, 2.05) is 55.5 Å². The van der Waals surface area contributed by atoms with E-state index in [0.717, 1.165) is 12.0 Å². The van der Waals surface area contributed by atoms with Gasteiger partial charge in [-0.05, 0) is 34.9 Å². The third-order valence-electron chi connectivity index (χ3n) is 3.88. The molecule has 134 valence electrons. The van der Waals surface area contributed by atoms with Crippen molar-refractivity contribution in [2.45, 2.75) is 30.3 Å². The van der Waals surface area contributed by atoms with Gasteiger partial charge in [-0.2, -0.15) is 0 Å². The molecule has 26 heavy (non-hydrogen) atoms. The number of benzene rings is 2. The van der Waals surface area contributed by atoms with Crippen LogP contribution in [-0.4, -0.2) is 37.9 Å². The average molecular weight is 367 g/mol. The van der Waals surface area contributed by atoms with Crippen LogP contribution >= 0.6 is 11.8 Å². The van der Waals surface area contributed by atoms with E-state index in [0.29, 0.717) is 18.2 Å². The summed E-state index contributed by atoms with van der Waals surface area (Å²) in [4.78, 5) is 12.3. The van der Waals surface area contributed by atoms with Crippen molar-refractivity contribution in [2.24, 2.45) is 0 Å². The molecule has 0 aliphatic rings. The Balaban J connectivity index is 1.50. The van der Waals surface area contributed by atoms with Gasteiger partial charge < -0.3 is 5.32 Å². The van der Waals surface area contributed by atoms with Crippen molar-refractivity contribution in [1.82, 2.24) is 25.5 Å². The number of carbonyl (C=O) groups excluding carboxylic acids is 1. The maximum Gasteiger partial charge on any atom is 0.233 e. The number of tetrazole rings is 1. The third-order valence-corrected chi connectivity index (χ3v) is 4.95. The summed E-state index contributed by atoms with van der Waals surface area (Å²) in [5, 5.41) is 15.2. The van der Waals surface area contributed by atoms with E-state index >= 15 is 0 Å². The van der Waals surface area contributed by atoms with E-state index < -0.39 is 0 Å². The number of thioether (sulfide) groups is 1. The maximum atomic E-state index is 12.3. The van der Waals surface area contributed by atoms with E-state index in [-0.39, 0.29) is 11.2 Å². The van der Waals surface area contributed by atoms with Crippen LogP contribution in [0.25, 0.3) is 0 Å². The van der Waals surface area contributed by atoms with Gasteiger partial charge in [0, 0.05) is 6.54 Å². The fourth-order valence-electron chi connectivity index (χ4n) is 2.47. The van der Waals surface area contributed by atoms with Gasteiger partial charge in [-0.25, -0.2) is 4.68 Å². The molecule has 0 saturated heterocycles. The molecule has 0 radical (unpaired) electrons. The van der Waals surface area contributed by atoms with Crippen molar-refractivity contribution in [3.63, 3.8) is 0 Å². The molecule has 6 nitrogen and oxygen atoms in total. The zero-order valence-electron chi connectivity index (χ0n) is 14.6. The summed E-state index contributed by atoms with van der Waals surface area (Å²) in [5.41, 5.74) is 2.32. The highest BCUT2D eigenvalue weighted by atomic mass is 32.2. The third kappa shape index (κ3) is 5.16. The summed E-state index contributed by atoms with van der Waals surface area (Å²) in [7, 11) is 0. The summed E-state index contributed by atoms with van der Waals surface area (Å²) in [5.74, 6) is -0.0137. The Hall–Kier alpha value is -2.67. The van der Waals surface area contributed by atoms with Crippen LogP contribution in [0.4, 0.5) is 0 Å². The molecule has 0 aliphatic heterocycles. The minimum atomic E-state index is -0.272. The molecule has 0 aliphatic carbocycles. The molecule has 0 fully saturated rings. The van der Waals surface area contributed by atoms with Gasteiger partial charge in [-0.15, -0.1) is 5.10 Å². The predicted molar refractivity (Wildman–Crippen MR) is 102 cm³/mol. The molecule has 1 N–H and O–H groups in total. The van der Waals surface area contributed by atoms with Gasteiger partial charge in [-0.3, -0.25) is 4.79 Å². The number of carbonyl (C=O) groups is 1. The molecule has 3 rings (SSSR count). The zero-order valence-corrected chi connectivity index (χ0v) is 15.4. The van der Waals surface area contributed by atoms with Crippen molar-refractivity contribution in [3.05, 3.63) is 71.8 Å². The first kappa shape index (κ1) is 18.1. The molecule has 7 heteroatoms. The van der Waals surface area contributed by atoms with Crippen LogP contribution in [0.2, 0.25) is 0 Å². The lowest BCUT2D eigenvalue weighted by Crippen LogP contribution is -2.32. The number of amides is 1. The number of hydrogen-bond acceptors (Lipinski definition) is 5. The molecule has 1 atom stereocenters. The van der Waals surface area contributed by atoms with Crippen LogP contribution in [0.3, 0.4) is 0 Å². The first-order chi connectivity index (χ1) is 12.7. The van der Waals surface area contributed by atoms with Crippen LogP contribution in [0.15, 0.2) is 65.8 Å². The SMILES string of the molecule is CC(Sc1nnnn1Cc1ccccc1)C(=O)NCCc1ccccc1. The molecular weight excluding hydrogens is 346 g/mol.